The molecule has 1 aromatic carbocycles. The van der Waals surface area contributed by atoms with Crippen molar-refractivity contribution in [3.8, 4) is 0 Å². The van der Waals surface area contributed by atoms with Gasteiger partial charge in [0.15, 0.2) is 0 Å². The van der Waals surface area contributed by atoms with Gasteiger partial charge in [0.25, 0.3) is 10.0 Å². The molecule has 1 amide bonds. The van der Waals surface area contributed by atoms with E-state index in [-0.39, 0.29) is 10.1 Å². The molecule has 1 aromatic heterocycles. The summed E-state index contributed by atoms with van der Waals surface area (Å²) in [6, 6.07) is 11.1. The molecule has 7 heteroatoms. The second-order valence-corrected chi connectivity index (χ2v) is 9.02. The van der Waals surface area contributed by atoms with Crippen LogP contribution in [0.2, 0.25) is 0 Å². The van der Waals surface area contributed by atoms with Crippen LogP contribution in [0.15, 0.2) is 46.7 Å². The van der Waals surface area contributed by atoms with Crippen LogP contribution in [0.4, 0.5) is 0 Å². The Kier molecular flexibility index (Phi) is 5.93. The summed E-state index contributed by atoms with van der Waals surface area (Å²) in [5.74, 6) is -0.221. The molecule has 0 saturated heterocycles. The van der Waals surface area contributed by atoms with Gasteiger partial charge in [-0.15, -0.1) is 11.3 Å². The molecule has 24 heavy (non-hydrogen) atoms. The molecule has 2 rings (SSSR count). The van der Waals surface area contributed by atoms with Crippen molar-refractivity contribution in [2.75, 3.05) is 14.1 Å². The van der Waals surface area contributed by atoms with Crippen molar-refractivity contribution in [1.29, 1.82) is 0 Å². The lowest BCUT2D eigenvalue weighted by atomic mass is 10.1. The van der Waals surface area contributed by atoms with E-state index in [2.05, 4.69) is 5.32 Å². The van der Waals surface area contributed by atoms with Crippen LogP contribution in [0.25, 0.3) is 6.08 Å². The highest BCUT2D eigenvalue weighted by Gasteiger charge is 2.19. The van der Waals surface area contributed by atoms with Gasteiger partial charge in [-0.25, -0.2) is 12.7 Å². The van der Waals surface area contributed by atoms with Gasteiger partial charge in [-0.2, -0.15) is 0 Å². The minimum atomic E-state index is -3.42. The first kappa shape index (κ1) is 18.4. The topological polar surface area (TPSA) is 66.5 Å². The van der Waals surface area contributed by atoms with Crippen LogP contribution in [0.1, 0.15) is 16.0 Å². The molecule has 0 aliphatic carbocycles. The number of aryl methyl sites for hydroxylation is 1. The third-order valence-electron chi connectivity index (χ3n) is 3.31. The maximum atomic E-state index is 12.0. The lowest BCUT2D eigenvalue weighted by molar-refractivity contribution is -0.116. The fourth-order valence-corrected chi connectivity index (χ4v) is 4.32. The molecule has 128 valence electrons. The van der Waals surface area contributed by atoms with Gasteiger partial charge in [-0.3, -0.25) is 4.79 Å². The van der Waals surface area contributed by atoms with Crippen molar-refractivity contribution >= 4 is 33.3 Å². The second kappa shape index (κ2) is 7.74. The van der Waals surface area contributed by atoms with Gasteiger partial charge in [0.05, 0.1) is 6.54 Å². The number of carbonyl (C=O) groups is 1. The molecule has 0 aliphatic rings. The third kappa shape index (κ3) is 4.77. The van der Waals surface area contributed by atoms with E-state index in [1.165, 1.54) is 24.5 Å². The molecular formula is C17H20N2O3S2. The molecule has 2 aromatic rings. The van der Waals surface area contributed by atoms with Crippen LogP contribution in [0.3, 0.4) is 0 Å². The van der Waals surface area contributed by atoms with Crippen molar-refractivity contribution < 1.29 is 13.2 Å². The van der Waals surface area contributed by atoms with Crippen LogP contribution in [0, 0.1) is 6.92 Å². The largest absolute Gasteiger partial charge is 0.348 e. The highest BCUT2D eigenvalue weighted by Crippen LogP contribution is 2.23. The van der Waals surface area contributed by atoms with Crippen LogP contribution in [0.5, 0.6) is 0 Å². The summed E-state index contributed by atoms with van der Waals surface area (Å²) in [5.41, 5.74) is 2.11. The quantitative estimate of drug-likeness (QED) is 0.802. The molecule has 0 unspecified atom stereocenters. The van der Waals surface area contributed by atoms with Gasteiger partial charge in [0.2, 0.25) is 5.91 Å². The fourth-order valence-electron chi connectivity index (χ4n) is 1.85. The molecule has 0 fully saturated rings. The van der Waals surface area contributed by atoms with E-state index in [0.717, 1.165) is 27.3 Å². The molecule has 0 saturated carbocycles. The first-order valence-corrected chi connectivity index (χ1v) is 9.58. The van der Waals surface area contributed by atoms with E-state index in [0.29, 0.717) is 6.54 Å². The molecule has 1 heterocycles. The fraction of sp³-hybridized carbons (Fsp3) is 0.235. The highest BCUT2D eigenvalue weighted by atomic mass is 32.2. The summed E-state index contributed by atoms with van der Waals surface area (Å²) in [5, 5.41) is 2.75. The first-order valence-electron chi connectivity index (χ1n) is 7.33. The maximum absolute atomic E-state index is 12.0. The molecule has 0 spiro atoms. The van der Waals surface area contributed by atoms with Crippen LogP contribution >= 0.6 is 11.3 Å². The highest BCUT2D eigenvalue weighted by molar-refractivity contribution is 7.91. The SMILES string of the molecule is Cc1ccc(C=CC(=O)NCc2ccc(S(=O)(=O)N(C)C)s2)cc1. The predicted molar refractivity (Wildman–Crippen MR) is 97.3 cm³/mol. The average molecular weight is 364 g/mol. The van der Waals surface area contributed by atoms with E-state index in [1.807, 2.05) is 31.2 Å². The third-order valence-corrected chi connectivity index (χ3v) is 6.68. The zero-order valence-electron chi connectivity index (χ0n) is 13.8. The zero-order chi connectivity index (χ0) is 17.7. The second-order valence-electron chi connectivity index (χ2n) is 5.47. The summed E-state index contributed by atoms with van der Waals surface area (Å²) in [7, 11) is -0.434. The van der Waals surface area contributed by atoms with Crippen molar-refractivity contribution in [2.24, 2.45) is 0 Å². The van der Waals surface area contributed by atoms with Gasteiger partial charge in [0.1, 0.15) is 4.21 Å². The number of amides is 1. The Morgan fingerprint density at radius 3 is 2.46 bits per heavy atom. The van der Waals surface area contributed by atoms with Gasteiger partial charge in [0, 0.05) is 25.0 Å². The van der Waals surface area contributed by atoms with E-state index >= 15 is 0 Å². The Labute approximate surface area is 146 Å². The number of hydrogen-bond acceptors (Lipinski definition) is 4. The van der Waals surface area contributed by atoms with E-state index in [1.54, 1.807) is 18.2 Å². The van der Waals surface area contributed by atoms with E-state index < -0.39 is 10.0 Å². The number of nitrogens with one attached hydrogen (secondary N) is 1. The van der Waals surface area contributed by atoms with Crippen molar-refractivity contribution in [2.45, 2.75) is 17.7 Å². The maximum Gasteiger partial charge on any atom is 0.252 e. The molecule has 5 nitrogen and oxygen atoms in total. The number of hydrogen-bond donors (Lipinski definition) is 1. The van der Waals surface area contributed by atoms with Crippen LogP contribution < -0.4 is 5.32 Å². The van der Waals surface area contributed by atoms with Gasteiger partial charge in [-0.05, 0) is 30.7 Å². The van der Waals surface area contributed by atoms with Gasteiger partial charge >= 0.3 is 0 Å². The number of carbonyl (C=O) groups excluding carboxylic acids is 1. The molecule has 0 atom stereocenters. The predicted octanol–water partition coefficient (Wildman–Crippen LogP) is 2.64. The summed E-state index contributed by atoms with van der Waals surface area (Å²) < 4.78 is 25.5. The Morgan fingerprint density at radius 1 is 1.17 bits per heavy atom. The summed E-state index contributed by atoms with van der Waals surface area (Å²) >= 11 is 1.16. The minimum absolute atomic E-state index is 0.221. The van der Waals surface area contributed by atoms with Crippen LogP contribution in [-0.4, -0.2) is 32.7 Å². The summed E-state index contributed by atoms with van der Waals surface area (Å²) in [6.07, 6.45) is 3.21. The van der Waals surface area contributed by atoms with Crippen molar-refractivity contribution in [3.63, 3.8) is 0 Å². The monoisotopic (exact) mass is 364 g/mol. The standard InChI is InChI=1S/C17H20N2O3S2/c1-13-4-6-14(7-5-13)8-10-16(20)18-12-15-9-11-17(23-15)24(21,22)19(2)3/h4-11H,12H2,1-3H3,(H,18,20). The van der Waals surface area contributed by atoms with E-state index in [4.69, 9.17) is 0 Å². The smallest absolute Gasteiger partial charge is 0.252 e. The van der Waals surface area contributed by atoms with Crippen molar-refractivity contribution in [3.05, 3.63) is 58.5 Å². The first-order chi connectivity index (χ1) is 11.3. The Morgan fingerprint density at radius 2 is 1.83 bits per heavy atom. The molecule has 0 bridgehead atoms. The summed E-state index contributed by atoms with van der Waals surface area (Å²) in [4.78, 5) is 12.6. The Hall–Kier alpha value is -1.96. The van der Waals surface area contributed by atoms with Crippen molar-refractivity contribution in [1.82, 2.24) is 9.62 Å². The number of thiophene rings is 1. The lowest BCUT2D eigenvalue weighted by Crippen LogP contribution is -2.21. The number of benzene rings is 1. The summed E-state index contributed by atoms with van der Waals surface area (Å²) in [6.45, 7) is 2.30. The van der Waals surface area contributed by atoms with Crippen LogP contribution in [-0.2, 0) is 21.4 Å². The number of nitrogens with zero attached hydrogens (tertiary/aromatic N) is 1. The number of sulfonamides is 1. The Bertz CT molecular complexity index is 835. The zero-order valence-corrected chi connectivity index (χ0v) is 15.4. The minimum Gasteiger partial charge on any atom is -0.348 e. The van der Waals surface area contributed by atoms with Gasteiger partial charge < -0.3 is 5.32 Å². The average Bonchev–Trinajstić information content (AvgIpc) is 3.02. The molecule has 0 aliphatic heterocycles. The molecule has 0 radical (unpaired) electrons. The normalized spacial score (nSPS) is 12.0. The number of rotatable bonds is 6. The Balaban J connectivity index is 1.93. The molecular weight excluding hydrogens is 344 g/mol. The molecule has 1 N–H and O–H groups in total. The van der Waals surface area contributed by atoms with E-state index in [9.17, 15) is 13.2 Å². The van der Waals surface area contributed by atoms with Gasteiger partial charge in [-0.1, -0.05) is 29.8 Å². The lowest BCUT2D eigenvalue weighted by Gasteiger charge is -2.08.